The molecule has 0 bridgehead atoms. The number of piperazine rings is 1. The maximum atomic E-state index is 12.4. The van der Waals surface area contributed by atoms with Gasteiger partial charge in [-0.1, -0.05) is 0 Å². The second-order valence-electron chi connectivity index (χ2n) is 7.17. The average molecular weight is 439 g/mol. The van der Waals surface area contributed by atoms with E-state index in [-0.39, 0.29) is 11.8 Å². The molecule has 2 amide bonds. The highest BCUT2D eigenvalue weighted by molar-refractivity contribution is 5.91. The number of amides is 2. The van der Waals surface area contributed by atoms with Crippen LogP contribution in [0.2, 0.25) is 0 Å². The summed E-state index contributed by atoms with van der Waals surface area (Å²) in [5, 5.41) is 5.72. The standard InChI is InChI=1S/C21H34N4O6/c1-28-12-6-22-20(27)15-25-10-8-24(9-11-25)7-5-19(26)23-16-13-17(29-2)21(31-4)18(14-16)30-3/h13-14H,5-12,15H2,1-4H3,(H,22,27)(H,23,26). The smallest absolute Gasteiger partial charge is 0.234 e. The van der Waals surface area contributed by atoms with E-state index in [2.05, 4.69) is 20.4 Å². The predicted molar refractivity (Wildman–Crippen MR) is 117 cm³/mol. The number of rotatable bonds is 12. The SMILES string of the molecule is COCCNC(=O)CN1CCN(CCC(=O)Nc2cc(OC)c(OC)c(OC)c2)CC1. The molecule has 0 saturated carbocycles. The quantitative estimate of drug-likeness (QED) is 0.453. The van der Waals surface area contributed by atoms with E-state index in [0.717, 1.165) is 26.2 Å². The number of anilines is 1. The van der Waals surface area contributed by atoms with E-state index in [4.69, 9.17) is 18.9 Å². The van der Waals surface area contributed by atoms with E-state index in [1.807, 2.05) is 0 Å². The number of benzene rings is 1. The first-order chi connectivity index (χ1) is 15.0. The molecule has 1 heterocycles. The number of carbonyl (C=O) groups is 2. The Morgan fingerprint density at radius 1 is 0.903 bits per heavy atom. The molecule has 0 aromatic heterocycles. The monoisotopic (exact) mass is 438 g/mol. The van der Waals surface area contributed by atoms with Crippen LogP contribution in [0.1, 0.15) is 6.42 Å². The summed E-state index contributed by atoms with van der Waals surface area (Å²) >= 11 is 0. The summed E-state index contributed by atoms with van der Waals surface area (Å²) in [7, 11) is 6.21. The van der Waals surface area contributed by atoms with Crippen molar-refractivity contribution < 1.29 is 28.5 Å². The third kappa shape index (κ3) is 7.89. The van der Waals surface area contributed by atoms with Gasteiger partial charge in [0.25, 0.3) is 0 Å². The van der Waals surface area contributed by atoms with Crippen molar-refractivity contribution in [1.82, 2.24) is 15.1 Å². The van der Waals surface area contributed by atoms with Crippen molar-refractivity contribution in [2.45, 2.75) is 6.42 Å². The molecule has 31 heavy (non-hydrogen) atoms. The maximum absolute atomic E-state index is 12.4. The van der Waals surface area contributed by atoms with E-state index in [1.165, 1.54) is 21.3 Å². The molecule has 0 unspecified atom stereocenters. The molecule has 2 N–H and O–H groups in total. The fourth-order valence-electron chi connectivity index (χ4n) is 3.36. The fraction of sp³-hybridized carbons (Fsp3) is 0.619. The van der Waals surface area contributed by atoms with E-state index in [1.54, 1.807) is 19.2 Å². The number of carbonyl (C=O) groups excluding carboxylic acids is 2. The summed E-state index contributed by atoms with van der Waals surface area (Å²) in [5.74, 6) is 1.37. The van der Waals surface area contributed by atoms with Crippen LogP contribution in [0.25, 0.3) is 0 Å². The van der Waals surface area contributed by atoms with Gasteiger partial charge in [-0.05, 0) is 0 Å². The molecule has 10 heteroatoms. The lowest BCUT2D eigenvalue weighted by Crippen LogP contribution is -2.50. The van der Waals surface area contributed by atoms with Crippen LogP contribution in [0.5, 0.6) is 17.2 Å². The first-order valence-corrected chi connectivity index (χ1v) is 10.3. The van der Waals surface area contributed by atoms with Crippen LogP contribution in [0, 0.1) is 0 Å². The van der Waals surface area contributed by atoms with Gasteiger partial charge in [0.15, 0.2) is 11.5 Å². The number of hydrogen-bond acceptors (Lipinski definition) is 8. The molecule has 174 valence electrons. The molecule has 1 aromatic rings. The Hall–Kier alpha value is -2.56. The van der Waals surface area contributed by atoms with Crippen molar-refractivity contribution in [2.75, 3.05) is 86.2 Å². The Labute approximate surface area is 183 Å². The normalized spacial score (nSPS) is 14.7. The van der Waals surface area contributed by atoms with Crippen molar-refractivity contribution >= 4 is 17.5 Å². The van der Waals surface area contributed by atoms with Crippen molar-refractivity contribution in [3.63, 3.8) is 0 Å². The van der Waals surface area contributed by atoms with Gasteiger partial charge in [0.05, 0.1) is 34.5 Å². The van der Waals surface area contributed by atoms with Crippen molar-refractivity contribution in [1.29, 1.82) is 0 Å². The molecule has 1 fully saturated rings. The summed E-state index contributed by atoms with van der Waals surface area (Å²) in [6.45, 7) is 5.32. The number of ether oxygens (including phenoxy) is 4. The van der Waals surface area contributed by atoms with Gasteiger partial charge >= 0.3 is 0 Å². The summed E-state index contributed by atoms with van der Waals surface area (Å²) in [5.41, 5.74) is 0.587. The van der Waals surface area contributed by atoms with E-state index < -0.39 is 0 Å². The van der Waals surface area contributed by atoms with Gasteiger partial charge in [0.1, 0.15) is 0 Å². The Morgan fingerprint density at radius 2 is 1.52 bits per heavy atom. The second-order valence-corrected chi connectivity index (χ2v) is 7.17. The lowest BCUT2D eigenvalue weighted by Gasteiger charge is -2.34. The zero-order chi connectivity index (χ0) is 22.6. The molecule has 0 spiro atoms. The first-order valence-electron chi connectivity index (χ1n) is 10.3. The van der Waals surface area contributed by atoms with Crippen LogP contribution in [-0.4, -0.2) is 102 Å². The van der Waals surface area contributed by atoms with Gasteiger partial charge in [-0.15, -0.1) is 0 Å². The summed E-state index contributed by atoms with van der Waals surface area (Å²) in [4.78, 5) is 28.7. The van der Waals surface area contributed by atoms with Gasteiger partial charge in [-0.25, -0.2) is 0 Å². The van der Waals surface area contributed by atoms with Crippen molar-refractivity contribution in [2.24, 2.45) is 0 Å². The lowest BCUT2D eigenvalue weighted by atomic mass is 10.2. The highest BCUT2D eigenvalue weighted by Crippen LogP contribution is 2.39. The van der Waals surface area contributed by atoms with Crippen LogP contribution >= 0.6 is 0 Å². The fourth-order valence-corrected chi connectivity index (χ4v) is 3.36. The van der Waals surface area contributed by atoms with Crippen LogP contribution in [0.4, 0.5) is 5.69 Å². The highest BCUT2D eigenvalue weighted by atomic mass is 16.5. The molecule has 0 atom stereocenters. The van der Waals surface area contributed by atoms with E-state index in [9.17, 15) is 9.59 Å². The van der Waals surface area contributed by atoms with E-state index >= 15 is 0 Å². The summed E-state index contributed by atoms with van der Waals surface area (Å²) in [6.07, 6.45) is 0.369. The molecule has 2 rings (SSSR count). The minimum atomic E-state index is -0.0887. The zero-order valence-corrected chi connectivity index (χ0v) is 18.9. The average Bonchev–Trinajstić information content (AvgIpc) is 2.78. The van der Waals surface area contributed by atoms with Crippen LogP contribution in [-0.2, 0) is 14.3 Å². The molecule has 0 aliphatic carbocycles. The van der Waals surface area contributed by atoms with Gasteiger partial charge < -0.3 is 34.5 Å². The minimum Gasteiger partial charge on any atom is -0.493 e. The summed E-state index contributed by atoms with van der Waals surface area (Å²) < 4.78 is 20.9. The Balaban J connectivity index is 1.75. The largest absolute Gasteiger partial charge is 0.493 e. The van der Waals surface area contributed by atoms with Crippen LogP contribution < -0.4 is 24.8 Å². The maximum Gasteiger partial charge on any atom is 0.234 e. The van der Waals surface area contributed by atoms with Gasteiger partial charge in [0, 0.05) is 70.6 Å². The van der Waals surface area contributed by atoms with Gasteiger partial charge in [-0.2, -0.15) is 0 Å². The number of nitrogens with zero attached hydrogens (tertiary/aromatic N) is 2. The third-order valence-electron chi connectivity index (χ3n) is 5.06. The Kier molecular flexibility index (Phi) is 10.3. The van der Waals surface area contributed by atoms with Crippen molar-refractivity contribution in [3.8, 4) is 17.2 Å². The highest BCUT2D eigenvalue weighted by Gasteiger charge is 2.20. The third-order valence-corrected chi connectivity index (χ3v) is 5.06. The summed E-state index contributed by atoms with van der Waals surface area (Å²) in [6, 6.07) is 3.41. The lowest BCUT2D eigenvalue weighted by molar-refractivity contribution is -0.122. The number of methoxy groups -OCH3 is 4. The minimum absolute atomic E-state index is 0.00947. The zero-order valence-electron chi connectivity index (χ0n) is 18.9. The first kappa shape index (κ1) is 24.7. The van der Waals surface area contributed by atoms with Gasteiger partial charge in [-0.3, -0.25) is 14.5 Å². The molecular weight excluding hydrogens is 404 g/mol. The Morgan fingerprint density at radius 3 is 2.06 bits per heavy atom. The molecular formula is C21H34N4O6. The van der Waals surface area contributed by atoms with Crippen LogP contribution in [0.3, 0.4) is 0 Å². The molecule has 1 saturated heterocycles. The molecule has 1 aliphatic rings. The topological polar surface area (TPSA) is 102 Å². The van der Waals surface area contributed by atoms with Crippen molar-refractivity contribution in [3.05, 3.63) is 12.1 Å². The van der Waals surface area contributed by atoms with E-state index in [0.29, 0.717) is 55.6 Å². The second kappa shape index (κ2) is 13.0. The Bertz CT molecular complexity index is 697. The molecule has 10 nitrogen and oxygen atoms in total. The molecule has 1 aromatic carbocycles. The number of nitrogens with one attached hydrogen (secondary N) is 2. The predicted octanol–water partition coefficient (Wildman–Crippen LogP) is 0.421. The number of hydrogen-bond donors (Lipinski definition) is 2. The molecule has 0 radical (unpaired) electrons. The molecule has 1 aliphatic heterocycles. The van der Waals surface area contributed by atoms with Gasteiger partial charge in [0.2, 0.25) is 17.6 Å². The van der Waals surface area contributed by atoms with Crippen LogP contribution in [0.15, 0.2) is 12.1 Å².